The predicted octanol–water partition coefficient (Wildman–Crippen LogP) is 4.34. The van der Waals surface area contributed by atoms with Crippen molar-refractivity contribution in [1.82, 2.24) is 5.43 Å². The van der Waals surface area contributed by atoms with Gasteiger partial charge in [0.25, 0.3) is 0 Å². The van der Waals surface area contributed by atoms with Crippen LogP contribution in [0.25, 0.3) is 11.1 Å². The first-order valence-electron chi connectivity index (χ1n) is 10.3. The Labute approximate surface area is 191 Å². The number of aromatic hydroxyl groups is 1. The number of phenolic OH excluding ortho intramolecular Hbond substituents is 1. The van der Waals surface area contributed by atoms with Crippen LogP contribution in [0, 0.1) is 19.3 Å². The second-order valence-corrected chi connectivity index (χ2v) is 7.76. The van der Waals surface area contributed by atoms with Crippen LogP contribution in [0.3, 0.4) is 0 Å². The first kappa shape index (κ1) is 23.5. The molecule has 0 aromatic heterocycles. The number of benzene rings is 3. The molecule has 3 aromatic carbocycles. The highest BCUT2D eigenvalue weighted by molar-refractivity contribution is 6.11. The minimum atomic E-state index is -1.06. The Morgan fingerprint density at radius 2 is 1.70 bits per heavy atom. The third-order valence-electron chi connectivity index (χ3n) is 5.28. The topological polar surface area (TPSA) is 135 Å². The quantitative estimate of drug-likeness (QED) is 0.173. The number of aromatic carboxylic acids is 1. The van der Waals surface area contributed by atoms with E-state index in [0.29, 0.717) is 16.8 Å². The number of hydrogen-bond donors (Lipinski definition) is 6. The molecular formula is C25H26N4O4. The summed E-state index contributed by atoms with van der Waals surface area (Å²) in [5.74, 6) is -1.61. The van der Waals surface area contributed by atoms with Gasteiger partial charge in [-0.25, -0.2) is 10.2 Å². The summed E-state index contributed by atoms with van der Waals surface area (Å²) in [7, 11) is 0. The van der Waals surface area contributed by atoms with Gasteiger partial charge >= 0.3 is 5.97 Å². The van der Waals surface area contributed by atoms with E-state index in [1.54, 1.807) is 36.4 Å². The van der Waals surface area contributed by atoms with Gasteiger partial charge in [-0.15, -0.1) is 0 Å². The highest BCUT2D eigenvalue weighted by Crippen LogP contribution is 2.35. The van der Waals surface area contributed by atoms with Gasteiger partial charge in [0, 0.05) is 17.0 Å². The molecule has 0 aliphatic heterocycles. The summed E-state index contributed by atoms with van der Waals surface area (Å²) in [4.78, 5) is 24.0. The largest absolute Gasteiger partial charge is 0.505 e. The van der Waals surface area contributed by atoms with Gasteiger partial charge in [-0.2, -0.15) is 0 Å². The molecule has 8 nitrogen and oxygen atoms in total. The molecule has 1 atom stereocenters. The van der Waals surface area contributed by atoms with Crippen molar-refractivity contribution in [2.24, 2.45) is 0 Å². The van der Waals surface area contributed by atoms with Crippen LogP contribution >= 0.6 is 0 Å². The van der Waals surface area contributed by atoms with Crippen LogP contribution in [-0.4, -0.2) is 33.8 Å². The maximum absolute atomic E-state index is 12.8. The summed E-state index contributed by atoms with van der Waals surface area (Å²) >= 11 is 0. The van der Waals surface area contributed by atoms with Crippen LogP contribution in [-0.2, 0) is 4.79 Å². The van der Waals surface area contributed by atoms with E-state index in [4.69, 9.17) is 5.41 Å². The van der Waals surface area contributed by atoms with E-state index in [1.165, 1.54) is 19.1 Å². The lowest BCUT2D eigenvalue weighted by Gasteiger charge is -2.20. The first-order chi connectivity index (χ1) is 15.7. The summed E-state index contributed by atoms with van der Waals surface area (Å²) in [6, 6.07) is 15.8. The van der Waals surface area contributed by atoms with Gasteiger partial charge in [-0.3, -0.25) is 4.79 Å². The van der Waals surface area contributed by atoms with Gasteiger partial charge < -0.3 is 26.4 Å². The van der Waals surface area contributed by atoms with Crippen LogP contribution in [0.4, 0.5) is 11.4 Å². The molecule has 1 unspecified atom stereocenters. The standard InChI is InChI=1S/C25H26N4O4/c1-14-10-11-19(12-15(14)2)27-24(31)22(16(3)26)29-28-21-9-5-8-20(23(21)30)17-6-4-7-18(13-17)25(32)33/h4-13,22,26,28-30H,1-3H3,(H,27,31)(H,32,33). The molecule has 8 heteroatoms. The summed E-state index contributed by atoms with van der Waals surface area (Å²) < 4.78 is 0. The molecule has 0 spiro atoms. The van der Waals surface area contributed by atoms with Gasteiger partial charge in [0.05, 0.1) is 11.3 Å². The van der Waals surface area contributed by atoms with E-state index >= 15 is 0 Å². The Morgan fingerprint density at radius 3 is 2.36 bits per heavy atom. The lowest BCUT2D eigenvalue weighted by atomic mass is 10.0. The Bertz CT molecular complexity index is 1220. The van der Waals surface area contributed by atoms with Crippen molar-refractivity contribution < 1.29 is 19.8 Å². The number of hydrogen-bond acceptors (Lipinski definition) is 6. The lowest BCUT2D eigenvalue weighted by Crippen LogP contribution is -2.47. The SMILES string of the molecule is CC(=N)C(NNc1cccc(-c2cccc(C(=O)O)c2)c1O)C(=O)Nc1ccc(C)c(C)c1. The van der Waals surface area contributed by atoms with Crippen LogP contribution in [0.2, 0.25) is 0 Å². The summed E-state index contributed by atoms with van der Waals surface area (Å²) in [5, 5.41) is 30.8. The van der Waals surface area contributed by atoms with Gasteiger partial charge in [0.1, 0.15) is 11.8 Å². The number of carboxylic acid groups (broad SMARTS) is 1. The number of nitrogens with one attached hydrogen (secondary N) is 4. The number of hydrazine groups is 1. The molecule has 0 aliphatic carbocycles. The van der Waals surface area contributed by atoms with Gasteiger partial charge in [0.15, 0.2) is 0 Å². The molecule has 6 N–H and O–H groups in total. The fourth-order valence-electron chi connectivity index (χ4n) is 3.25. The Hall–Kier alpha value is -4.17. The van der Waals surface area contributed by atoms with Crippen LogP contribution in [0.5, 0.6) is 5.75 Å². The second-order valence-electron chi connectivity index (χ2n) is 7.76. The highest BCUT2D eigenvalue weighted by atomic mass is 16.4. The fourth-order valence-corrected chi connectivity index (χ4v) is 3.25. The number of rotatable bonds is 8. The number of phenols is 1. The average Bonchev–Trinajstić information content (AvgIpc) is 2.77. The summed E-state index contributed by atoms with van der Waals surface area (Å²) in [6.45, 7) is 5.44. The minimum absolute atomic E-state index is 0.0774. The summed E-state index contributed by atoms with van der Waals surface area (Å²) in [6.07, 6.45) is 0. The van der Waals surface area contributed by atoms with E-state index < -0.39 is 17.9 Å². The lowest BCUT2D eigenvalue weighted by molar-refractivity contribution is -0.116. The maximum Gasteiger partial charge on any atom is 0.335 e. The Balaban J connectivity index is 1.78. The molecule has 0 fully saturated rings. The van der Waals surface area contributed by atoms with Crippen LogP contribution in [0.1, 0.15) is 28.4 Å². The normalized spacial score (nSPS) is 11.5. The zero-order chi connectivity index (χ0) is 24.1. The smallest absolute Gasteiger partial charge is 0.335 e. The first-order valence-corrected chi connectivity index (χ1v) is 10.3. The van der Waals surface area contributed by atoms with E-state index in [-0.39, 0.29) is 22.7 Å². The molecule has 0 heterocycles. The number of carboxylic acids is 1. The highest BCUT2D eigenvalue weighted by Gasteiger charge is 2.21. The number of anilines is 2. The average molecular weight is 447 g/mol. The molecule has 3 aromatic rings. The van der Waals surface area contributed by atoms with Crippen molar-refractivity contribution in [3.63, 3.8) is 0 Å². The van der Waals surface area contributed by atoms with Crippen molar-refractivity contribution in [1.29, 1.82) is 5.41 Å². The monoisotopic (exact) mass is 446 g/mol. The van der Waals surface area contributed by atoms with Crippen LogP contribution < -0.4 is 16.2 Å². The van der Waals surface area contributed by atoms with E-state index in [2.05, 4.69) is 16.2 Å². The molecular weight excluding hydrogens is 420 g/mol. The third-order valence-corrected chi connectivity index (χ3v) is 5.28. The number of para-hydroxylation sites is 1. The van der Waals surface area contributed by atoms with Crippen LogP contribution in [0.15, 0.2) is 60.7 Å². The van der Waals surface area contributed by atoms with Gasteiger partial charge in [-0.05, 0) is 67.8 Å². The Morgan fingerprint density at radius 1 is 0.970 bits per heavy atom. The predicted molar refractivity (Wildman–Crippen MR) is 129 cm³/mol. The number of aryl methyl sites for hydroxylation is 2. The van der Waals surface area contributed by atoms with Crippen molar-refractivity contribution >= 4 is 29.0 Å². The Kier molecular flexibility index (Phi) is 7.10. The van der Waals surface area contributed by atoms with E-state index in [0.717, 1.165) is 11.1 Å². The van der Waals surface area contributed by atoms with Gasteiger partial charge in [-0.1, -0.05) is 30.3 Å². The van der Waals surface area contributed by atoms with E-state index in [9.17, 15) is 19.8 Å². The van der Waals surface area contributed by atoms with Crippen molar-refractivity contribution in [3.8, 4) is 16.9 Å². The molecule has 1 amide bonds. The van der Waals surface area contributed by atoms with Crippen molar-refractivity contribution in [2.45, 2.75) is 26.8 Å². The second kappa shape index (κ2) is 9.97. The third kappa shape index (κ3) is 5.55. The summed E-state index contributed by atoms with van der Waals surface area (Å²) in [5.41, 5.74) is 9.78. The minimum Gasteiger partial charge on any atom is -0.505 e. The van der Waals surface area contributed by atoms with Crippen molar-refractivity contribution in [2.75, 3.05) is 10.7 Å². The van der Waals surface area contributed by atoms with E-state index in [1.807, 2.05) is 26.0 Å². The van der Waals surface area contributed by atoms with Gasteiger partial charge in [0.2, 0.25) is 5.91 Å². The molecule has 0 bridgehead atoms. The molecule has 0 saturated heterocycles. The molecule has 33 heavy (non-hydrogen) atoms. The zero-order valence-electron chi connectivity index (χ0n) is 18.6. The molecule has 0 radical (unpaired) electrons. The molecule has 3 rings (SSSR count). The maximum atomic E-state index is 12.8. The zero-order valence-corrected chi connectivity index (χ0v) is 18.6. The number of amides is 1. The number of carbonyl (C=O) groups is 2. The number of carbonyl (C=O) groups excluding carboxylic acids is 1. The molecule has 0 aliphatic rings. The van der Waals surface area contributed by atoms with Crippen molar-refractivity contribution in [3.05, 3.63) is 77.4 Å². The molecule has 0 saturated carbocycles. The fraction of sp³-hybridized carbons (Fsp3) is 0.160. The molecule has 170 valence electrons.